The summed E-state index contributed by atoms with van der Waals surface area (Å²) in [4.78, 5) is 10.9. The molecule has 2 aromatic heterocycles. The summed E-state index contributed by atoms with van der Waals surface area (Å²) in [5.41, 5.74) is -2.48. The number of aldehydes is 1. The monoisotopic (exact) mass is 481 g/mol. The van der Waals surface area contributed by atoms with Crippen LogP contribution in [0.2, 0.25) is 0 Å². The van der Waals surface area contributed by atoms with Gasteiger partial charge in [0.2, 0.25) is 5.60 Å². The number of halogens is 4. The predicted octanol–water partition coefficient (Wildman–Crippen LogP) is 5.51. The molecule has 35 heavy (non-hydrogen) atoms. The Hall–Kier alpha value is -3.98. The SMILES string of the molecule is O=CCCn1cc(C(O)(c2ccc3c(cnn3-c3ccc(F)cc3)c2)C(F)(F)F)c2ccccc21. The molecule has 0 aliphatic heterocycles. The first-order valence-electron chi connectivity index (χ1n) is 10.8. The Morgan fingerprint density at radius 3 is 2.43 bits per heavy atom. The summed E-state index contributed by atoms with van der Waals surface area (Å²) in [6.45, 7) is 0.182. The van der Waals surface area contributed by atoms with Crippen molar-refractivity contribution in [2.45, 2.75) is 24.7 Å². The van der Waals surface area contributed by atoms with Crippen molar-refractivity contribution in [1.82, 2.24) is 14.3 Å². The number of hydrogen-bond acceptors (Lipinski definition) is 3. The van der Waals surface area contributed by atoms with Crippen LogP contribution in [0.25, 0.3) is 27.5 Å². The van der Waals surface area contributed by atoms with E-state index in [1.54, 1.807) is 22.8 Å². The van der Waals surface area contributed by atoms with Gasteiger partial charge in [0.05, 0.1) is 17.4 Å². The zero-order valence-corrected chi connectivity index (χ0v) is 18.2. The Kier molecular flexibility index (Phi) is 5.44. The van der Waals surface area contributed by atoms with E-state index in [0.29, 0.717) is 28.4 Å². The second kappa shape index (κ2) is 8.35. The third-order valence-electron chi connectivity index (χ3n) is 6.13. The molecule has 0 saturated carbocycles. The molecule has 0 saturated heterocycles. The Labute approximate surface area is 196 Å². The van der Waals surface area contributed by atoms with Crippen LogP contribution in [0.1, 0.15) is 17.5 Å². The second-order valence-electron chi connectivity index (χ2n) is 8.22. The standard InChI is InChI=1S/C26H19F4N3O2/c27-19-7-9-20(10-8-19)33-23-11-6-18(14-17(23)15-31-33)25(35,26(28,29)30)22-16-32(12-3-13-34)24-5-2-1-4-21(22)24/h1-2,4-11,13-16,35H,3,12H2. The van der Waals surface area contributed by atoms with Gasteiger partial charge in [-0.25, -0.2) is 9.07 Å². The topological polar surface area (TPSA) is 60.1 Å². The Bertz CT molecular complexity index is 1540. The number of carbonyl (C=O) groups is 1. The lowest BCUT2D eigenvalue weighted by Crippen LogP contribution is -2.43. The summed E-state index contributed by atoms with van der Waals surface area (Å²) in [6.07, 6.45) is -1.58. The van der Waals surface area contributed by atoms with E-state index in [0.717, 1.165) is 0 Å². The molecule has 0 spiro atoms. The van der Waals surface area contributed by atoms with Gasteiger partial charge in [-0.3, -0.25) is 0 Å². The molecule has 0 fully saturated rings. The van der Waals surface area contributed by atoms with Gasteiger partial charge >= 0.3 is 6.18 Å². The van der Waals surface area contributed by atoms with Crippen LogP contribution in [0, 0.1) is 5.82 Å². The molecule has 0 bridgehead atoms. The first-order chi connectivity index (χ1) is 16.7. The molecule has 1 unspecified atom stereocenters. The molecular weight excluding hydrogens is 462 g/mol. The Morgan fingerprint density at radius 1 is 0.971 bits per heavy atom. The highest BCUT2D eigenvalue weighted by atomic mass is 19.4. The predicted molar refractivity (Wildman–Crippen MR) is 123 cm³/mol. The fourth-order valence-corrected chi connectivity index (χ4v) is 4.43. The first-order valence-corrected chi connectivity index (χ1v) is 10.8. The van der Waals surface area contributed by atoms with E-state index < -0.39 is 17.6 Å². The number of aliphatic hydroxyl groups is 1. The summed E-state index contributed by atoms with van der Waals surface area (Å²) in [6, 6.07) is 15.9. The van der Waals surface area contributed by atoms with Crippen LogP contribution >= 0.6 is 0 Å². The summed E-state index contributed by atoms with van der Waals surface area (Å²) in [5.74, 6) is -0.421. The van der Waals surface area contributed by atoms with Crippen LogP contribution in [-0.4, -0.2) is 31.9 Å². The van der Waals surface area contributed by atoms with Gasteiger partial charge < -0.3 is 14.5 Å². The maximum atomic E-state index is 14.6. The van der Waals surface area contributed by atoms with Crippen molar-refractivity contribution in [2.24, 2.45) is 0 Å². The van der Waals surface area contributed by atoms with Gasteiger partial charge in [0.25, 0.3) is 0 Å². The Morgan fingerprint density at radius 2 is 1.71 bits per heavy atom. The number of para-hydroxylation sites is 1. The normalized spacial score (nSPS) is 13.9. The lowest BCUT2D eigenvalue weighted by Gasteiger charge is -2.31. The molecule has 0 amide bonds. The molecule has 3 aromatic carbocycles. The minimum Gasteiger partial charge on any atom is -0.372 e. The number of benzene rings is 3. The van der Waals surface area contributed by atoms with E-state index >= 15 is 0 Å². The molecule has 1 atom stereocenters. The van der Waals surface area contributed by atoms with Crippen LogP contribution < -0.4 is 0 Å². The van der Waals surface area contributed by atoms with Gasteiger partial charge in [0.15, 0.2) is 0 Å². The molecule has 1 N–H and O–H groups in total. The van der Waals surface area contributed by atoms with Crippen molar-refractivity contribution in [3.05, 3.63) is 96.1 Å². The van der Waals surface area contributed by atoms with E-state index in [9.17, 15) is 27.5 Å². The number of aromatic nitrogens is 3. The third kappa shape index (κ3) is 3.68. The van der Waals surface area contributed by atoms with Crippen LogP contribution in [0.15, 0.2) is 79.1 Å². The minimum atomic E-state index is -5.05. The number of alkyl halides is 3. The van der Waals surface area contributed by atoms with Crippen LogP contribution in [0.5, 0.6) is 0 Å². The van der Waals surface area contributed by atoms with Crippen molar-refractivity contribution in [1.29, 1.82) is 0 Å². The smallest absolute Gasteiger partial charge is 0.372 e. The van der Waals surface area contributed by atoms with E-state index in [4.69, 9.17) is 0 Å². The molecule has 2 heterocycles. The number of rotatable bonds is 6. The summed E-state index contributed by atoms with van der Waals surface area (Å²) >= 11 is 0. The minimum absolute atomic E-state index is 0.122. The second-order valence-corrected chi connectivity index (χ2v) is 8.22. The van der Waals surface area contributed by atoms with Crippen LogP contribution in [-0.2, 0) is 16.9 Å². The lowest BCUT2D eigenvalue weighted by molar-refractivity contribution is -0.247. The van der Waals surface area contributed by atoms with Crippen molar-refractivity contribution >= 4 is 28.1 Å². The molecule has 0 aliphatic rings. The largest absolute Gasteiger partial charge is 0.425 e. The van der Waals surface area contributed by atoms with Gasteiger partial charge in [-0.05, 0) is 48.0 Å². The zero-order valence-electron chi connectivity index (χ0n) is 18.2. The summed E-state index contributed by atoms with van der Waals surface area (Å²) in [7, 11) is 0. The fraction of sp³-hybridized carbons (Fsp3) is 0.154. The summed E-state index contributed by atoms with van der Waals surface area (Å²) in [5, 5.41) is 16.2. The molecule has 5 nitrogen and oxygen atoms in total. The van der Waals surface area contributed by atoms with E-state index in [2.05, 4.69) is 5.10 Å². The highest BCUT2D eigenvalue weighted by molar-refractivity contribution is 5.87. The van der Waals surface area contributed by atoms with Crippen molar-refractivity contribution < 1.29 is 27.5 Å². The molecule has 0 radical (unpaired) electrons. The van der Waals surface area contributed by atoms with Crippen molar-refractivity contribution in [3.63, 3.8) is 0 Å². The number of nitrogens with zero attached hydrogens (tertiary/aromatic N) is 3. The average molecular weight is 481 g/mol. The lowest BCUT2D eigenvalue weighted by atomic mass is 9.85. The van der Waals surface area contributed by atoms with Crippen LogP contribution in [0.3, 0.4) is 0 Å². The van der Waals surface area contributed by atoms with Gasteiger partial charge in [0, 0.05) is 41.0 Å². The van der Waals surface area contributed by atoms with Crippen LogP contribution in [0.4, 0.5) is 17.6 Å². The molecular formula is C26H19F4N3O2. The van der Waals surface area contributed by atoms with E-state index in [1.807, 2.05) is 0 Å². The molecule has 9 heteroatoms. The molecule has 0 aliphatic carbocycles. The Balaban J connectivity index is 1.69. The van der Waals surface area contributed by atoms with Gasteiger partial charge in [-0.15, -0.1) is 0 Å². The van der Waals surface area contributed by atoms with Crippen molar-refractivity contribution in [3.8, 4) is 5.69 Å². The highest BCUT2D eigenvalue weighted by Crippen LogP contribution is 2.47. The zero-order chi connectivity index (χ0) is 24.8. The number of fused-ring (bicyclic) bond motifs is 2. The van der Waals surface area contributed by atoms with Gasteiger partial charge in [-0.1, -0.05) is 24.3 Å². The number of carbonyl (C=O) groups excluding carboxylic acids is 1. The molecule has 5 aromatic rings. The van der Waals surface area contributed by atoms with E-state index in [1.165, 1.54) is 65.6 Å². The average Bonchev–Trinajstić information content (AvgIpc) is 3.43. The van der Waals surface area contributed by atoms with Gasteiger partial charge in [0.1, 0.15) is 12.1 Å². The fourth-order valence-electron chi connectivity index (χ4n) is 4.43. The van der Waals surface area contributed by atoms with Crippen molar-refractivity contribution in [2.75, 3.05) is 0 Å². The third-order valence-corrected chi connectivity index (χ3v) is 6.13. The summed E-state index contributed by atoms with van der Waals surface area (Å²) < 4.78 is 60.1. The van der Waals surface area contributed by atoms with Gasteiger partial charge in [-0.2, -0.15) is 18.3 Å². The number of hydrogen-bond donors (Lipinski definition) is 1. The quantitative estimate of drug-likeness (QED) is 0.257. The maximum absolute atomic E-state index is 14.6. The maximum Gasteiger partial charge on any atom is 0.425 e. The number of aryl methyl sites for hydroxylation is 1. The molecule has 5 rings (SSSR count). The highest BCUT2D eigenvalue weighted by Gasteiger charge is 2.57. The molecule has 178 valence electrons. The first kappa shape index (κ1) is 22.8. The van der Waals surface area contributed by atoms with E-state index in [-0.39, 0.29) is 29.5 Å².